The fraction of sp³-hybridized carbons (Fsp3) is 0.0909. The topological polar surface area (TPSA) is 68.1 Å². The Morgan fingerprint density at radius 3 is 2.54 bits per heavy atom. The van der Waals surface area contributed by atoms with Gasteiger partial charge in [0.25, 0.3) is 0 Å². The highest BCUT2D eigenvalue weighted by Crippen LogP contribution is 2.25. The van der Waals surface area contributed by atoms with E-state index in [-0.39, 0.29) is 0 Å². The van der Waals surface area contributed by atoms with Gasteiger partial charge < -0.3 is 14.7 Å². The second kappa shape index (κ2) is 9.71. The Kier molecular flexibility index (Phi) is 6.81. The lowest BCUT2D eigenvalue weighted by atomic mass is 10.0. The Labute approximate surface area is 171 Å². The normalized spacial score (nSPS) is 10.8. The van der Waals surface area contributed by atoms with Gasteiger partial charge in [-0.25, -0.2) is 4.79 Å². The van der Waals surface area contributed by atoms with Crippen LogP contribution in [0.5, 0.6) is 5.75 Å². The van der Waals surface area contributed by atoms with E-state index in [1.807, 2.05) is 72.8 Å². The van der Waals surface area contributed by atoms with E-state index in [2.05, 4.69) is 21.1 Å². The molecule has 0 atom stereocenters. The highest BCUT2D eigenvalue weighted by molar-refractivity contribution is 9.10. The number of ether oxygens (including phenoxy) is 1. The van der Waals surface area contributed by atoms with E-state index in [0.717, 1.165) is 32.5 Å². The molecule has 0 unspecified atom stereocenters. The third-order valence-electron chi connectivity index (χ3n) is 3.81. The first-order valence-corrected chi connectivity index (χ1v) is 9.34. The van der Waals surface area contributed by atoms with Gasteiger partial charge in [0, 0.05) is 4.47 Å². The number of oxime groups is 1. The van der Waals surface area contributed by atoms with Crippen molar-refractivity contribution in [1.82, 2.24) is 0 Å². The molecule has 142 valence electrons. The Morgan fingerprint density at radius 1 is 1.00 bits per heavy atom. The van der Waals surface area contributed by atoms with E-state index in [9.17, 15) is 4.79 Å². The molecule has 0 spiro atoms. The van der Waals surface area contributed by atoms with Crippen molar-refractivity contribution in [1.29, 1.82) is 0 Å². The van der Waals surface area contributed by atoms with Gasteiger partial charge in [-0.2, -0.15) is 0 Å². The molecule has 0 aliphatic heterocycles. The second-order valence-electron chi connectivity index (χ2n) is 5.97. The number of hydrogen-bond donors (Lipinski definition) is 1. The zero-order chi connectivity index (χ0) is 19.8. The molecule has 0 aliphatic rings. The molecule has 0 heterocycles. The summed E-state index contributed by atoms with van der Waals surface area (Å²) in [4.78, 5) is 15.1. The molecule has 0 amide bonds. The standard InChI is InChI=1S/C22H18BrNO4/c23-20-8-2-5-17(11-20)14-27-21-9-3-7-19(12-21)18-6-1-4-16(10-18)13-24-28-15-22(25)26/h1-13H,14-15H2,(H,25,26)/b24-13+. The zero-order valence-electron chi connectivity index (χ0n) is 14.9. The summed E-state index contributed by atoms with van der Waals surface area (Å²) in [5.74, 6) is -0.285. The number of halogens is 1. The first kappa shape index (κ1) is 19.6. The van der Waals surface area contributed by atoms with Gasteiger partial charge in [0.05, 0.1) is 6.21 Å². The van der Waals surface area contributed by atoms with E-state index in [0.29, 0.717) is 6.61 Å². The SMILES string of the molecule is O=C(O)CO/N=C/c1cccc(-c2cccc(OCc3cccc(Br)c3)c2)c1. The van der Waals surface area contributed by atoms with Gasteiger partial charge in [0.2, 0.25) is 6.61 Å². The molecule has 3 aromatic rings. The van der Waals surface area contributed by atoms with E-state index in [1.165, 1.54) is 6.21 Å². The molecule has 0 saturated heterocycles. The van der Waals surface area contributed by atoms with Crippen LogP contribution < -0.4 is 4.74 Å². The van der Waals surface area contributed by atoms with Crippen molar-refractivity contribution < 1.29 is 19.5 Å². The van der Waals surface area contributed by atoms with Crippen molar-refractivity contribution in [2.75, 3.05) is 6.61 Å². The van der Waals surface area contributed by atoms with Gasteiger partial charge in [-0.3, -0.25) is 0 Å². The van der Waals surface area contributed by atoms with E-state index >= 15 is 0 Å². The maximum Gasteiger partial charge on any atom is 0.344 e. The van der Waals surface area contributed by atoms with Crippen LogP contribution in [0.2, 0.25) is 0 Å². The molecule has 0 aliphatic carbocycles. The molecule has 6 heteroatoms. The largest absolute Gasteiger partial charge is 0.489 e. The summed E-state index contributed by atoms with van der Waals surface area (Å²) in [5, 5.41) is 12.2. The fourth-order valence-corrected chi connectivity index (χ4v) is 2.99. The summed E-state index contributed by atoms with van der Waals surface area (Å²) in [6.07, 6.45) is 1.49. The second-order valence-corrected chi connectivity index (χ2v) is 6.89. The number of aliphatic carboxylic acids is 1. The minimum Gasteiger partial charge on any atom is -0.489 e. The Hall–Kier alpha value is -3.12. The van der Waals surface area contributed by atoms with Gasteiger partial charge in [-0.15, -0.1) is 0 Å². The number of carboxylic acids is 1. The highest BCUT2D eigenvalue weighted by atomic mass is 79.9. The monoisotopic (exact) mass is 439 g/mol. The van der Waals surface area contributed by atoms with Crippen LogP contribution in [-0.4, -0.2) is 23.9 Å². The highest BCUT2D eigenvalue weighted by Gasteiger charge is 2.03. The van der Waals surface area contributed by atoms with Crippen LogP contribution in [-0.2, 0) is 16.2 Å². The predicted molar refractivity (Wildman–Crippen MR) is 112 cm³/mol. The third kappa shape index (κ3) is 5.96. The molecule has 3 aromatic carbocycles. The van der Waals surface area contributed by atoms with Crippen molar-refractivity contribution in [3.63, 3.8) is 0 Å². The van der Waals surface area contributed by atoms with Gasteiger partial charge >= 0.3 is 5.97 Å². The van der Waals surface area contributed by atoms with Crippen LogP contribution in [0.15, 0.2) is 82.4 Å². The van der Waals surface area contributed by atoms with Gasteiger partial charge in [0.15, 0.2) is 0 Å². The summed E-state index contributed by atoms with van der Waals surface area (Å²) in [6, 6.07) is 23.6. The van der Waals surface area contributed by atoms with Crippen LogP contribution in [0.4, 0.5) is 0 Å². The summed E-state index contributed by atoms with van der Waals surface area (Å²) in [6.45, 7) is 0.0179. The Morgan fingerprint density at radius 2 is 1.75 bits per heavy atom. The molecule has 0 saturated carbocycles. The van der Waals surface area contributed by atoms with Crippen LogP contribution >= 0.6 is 15.9 Å². The van der Waals surface area contributed by atoms with Gasteiger partial charge in [-0.05, 0) is 52.6 Å². The van der Waals surface area contributed by atoms with E-state index in [4.69, 9.17) is 14.7 Å². The van der Waals surface area contributed by atoms with Gasteiger partial charge in [0.1, 0.15) is 12.4 Å². The van der Waals surface area contributed by atoms with Crippen molar-refractivity contribution in [2.24, 2.45) is 5.16 Å². The number of hydrogen-bond acceptors (Lipinski definition) is 4. The van der Waals surface area contributed by atoms with Crippen LogP contribution in [0.25, 0.3) is 11.1 Å². The Bertz CT molecular complexity index is 988. The number of rotatable bonds is 8. The maximum absolute atomic E-state index is 10.4. The average Bonchev–Trinajstić information content (AvgIpc) is 2.70. The number of carbonyl (C=O) groups is 1. The molecular weight excluding hydrogens is 422 g/mol. The first-order valence-electron chi connectivity index (χ1n) is 8.55. The summed E-state index contributed by atoms with van der Waals surface area (Å²) >= 11 is 3.46. The van der Waals surface area contributed by atoms with Crippen molar-refractivity contribution in [3.05, 3.63) is 88.4 Å². The molecule has 5 nitrogen and oxygen atoms in total. The number of benzene rings is 3. The molecule has 28 heavy (non-hydrogen) atoms. The molecule has 0 bridgehead atoms. The maximum atomic E-state index is 10.4. The molecule has 0 aromatic heterocycles. The molecule has 3 rings (SSSR count). The third-order valence-corrected chi connectivity index (χ3v) is 4.31. The van der Waals surface area contributed by atoms with Crippen molar-refractivity contribution in [3.8, 4) is 16.9 Å². The lowest BCUT2D eigenvalue weighted by Crippen LogP contribution is -2.03. The molecular formula is C22H18BrNO4. The summed E-state index contributed by atoms with van der Waals surface area (Å²) in [7, 11) is 0. The quantitative estimate of drug-likeness (QED) is 0.390. The molecule has 0 radical (unpaired) electrons. The molecule has 0 fully saturated rings. The summed E-state index contributed by atoms with van der Waals surface area (Å²) in [5.41, 5.74) is 3.89. The van der Waals surface area contributed by atoms with Crippen molar-refractivity contribution in [2.45, 2.75) is 6.61 Å². The lowest BCUT2D eigenvalue weighted by molar-refractivity contribution is -0.142. The van der Waals surface area contributed by atoms with Crippen molar-refractivity contribution >= 4 is 28.1 Å². The van der Waals surface area contributed by atoms with Crippen LogP contribution in [0.1, 0.15) is 11.1 Å². The average molecular weight is 440 g/mol. The predicted octanol–water partition coefficient (Wildman–Crippen LogP) is 5.13. The smallest absolute Gasteiger partial charge is 0.344 e. The van der Waals surface area contributed by atoms with Crippen LogP contribution in [0.3, 0.4) is 0 Å². The van der Waals surface area contributed by atoms with E-state index in [1.54, 1.807) is 0 Å². The lowest BCUT2D eigenvalue weighted by Gasteiger charge is -2.09. The fourth-order valence-electron chi connectivity index (χ4n) is 2.55. The minimum atomic E-state index is -1.06. The number of carboxylic acid groups (broad SMARTS) is 1. The number of nitrogens with zero attached hydrogens (tertiary/aromatic N) is 1. The zero-order valence-corrected chi connectivity index (χ0v) is 16.5. The van der Waals surface area contributed by atoms with Gasteiger partial charge in [-0.1, -0.05) is 63.6 Å². The first-order chi connectivity index (χ1) is 13.6. The minimum absolute atomic E-state index is 0.465. The summed E-state index contributed by atoms with van der Waals surface area (Å²) < 4.78 is 6.94. The van der Waals surface area contributed by atoms with E-state index < -0.39 is 12.6 Å². The van der Waals surface area contributed by atoms with Crippen LogP contribution in [0, 0.1) is 0 Å². The molecule has 1 N–H and O–H groups in total. The Balaban J connectivity index is 1.69.